The Bertz CT molecular complexity index is 1500. The summed E-state index contributed by atoms with van der Waals surface area (Å²) in [6, 6.07) is 14.9. The first-order valence-corrected chi connectivity index (χ1v) is 14.1. The van der Waals surface area contributed by atoms with Gasteiger partial charge in [-0.3, -0.25) is 19.6 Å². The van der Waals surface area contributed by atoms with E-state index in [0.717, 1.165) is 71.7 Å². The minimum absolute atomic E-state index is 0.0492. The number of aromatic nitrogens is 1. The quantitative estimate of drug-likeness (QED) is 0.309. The number of ether oxygens (including phenoxy) is 1. The number of anilines is 2. The fraction of sp³-hybridized carbons (Fsp3) is 0.300. The molecule has 0 radical (unpaired) electrons. The molecule has 39 heavy (non-hydrogen) atoms. The number of nitrogens with zero attached hydrogens (tertiary/aromatic N) is 4. The van der Waals surface area contributed by atoms with Crippen LogP contribution in [0.2, 0.25) is 0 Å². The topological polar surface area (TPSA) is 66.0 Å². The van der Waals surface area contributed by atoms with Gasteiger partial charge in [-0.2, -0.15) is 0 Å². The van der Waals surface area contributed by atoms with Gasteiger partial charge in [-0.1, -0.05) is 12.1 Å². The second-order valence-corrected chi connectivity index (χ2v) is 10.9. The summed E-state index contributed by atoms with van der Waals surface area (Å²) in [7, 11) is 0. The highest BCUT2D eigenvalue weighted by molar-refractivity contribution is 7.17. The number of piperazine rings is 1. The minimum Gasteiger partial charge on any atom is -0.440 e. The predicted octanol–water partition coefficient (Wildman–Crippen LogP) is 4.89. The van der Waals surface area contributed by atoms with E-state index in [1.54, 1.807) is 46.7 Å². The summed E-state index contributed by atoms with van der Waals surface area (Å²) in [5.74, 6) is -0.739. The Balaban J connectivity index is 1.07. The van der Waals surface area contributed by atoms with Crippen molar-refractivity contribution in [2.75, 3.05) is 49.3 Å². The first kappa shape index (κ1) is 25.5. The zero-order valence-electron chi connectivity index (χ0n) is 21.5. The largest absolute Gasteiger partial charge is 0.440 e. The Hall–Kier alpha value is -3.82. The molecular formula is C30H29FN4O3S. The fourth-order valence-corrected chi connectivity index (χ4v) is 6.18. The molecule has 1 saturated heterocycles. The SMILES string of the molecule is O=C(OCN1C(=O)CCc2ccc(CCN3CCN(c4cc(F)cc5sccc45)CC3)cc21)c1cccnc1. The van der Waals surface area contributed by atoms with Crippen molar-refractivity contribution in [2.24, 2.45) is 0 Å². The first-order chi connectivity index (χ1) is 19.0. The van der Waals surface area contributed by atoms with E-state index in [9.17, 15) is 14.0 Å². The Kier molecular flexibility index (Phi) is 7.26. The molecule has 4 heterocycles. The maximum atomic E-state index is 14.2. The van der Waals surface area contributed by atoms with Crippen LogP contribution in [0, 0.1) is 5.82 Å². The number of carbonyl (C=O) groups excluding carboxylic acids is 2. The molecule has 0 unspecified atom stereocenters. The van der Waals surface area contributed by atoms with Crippen molar-refractivity contribution in [2.45, 2.75) is 19.3 Å². The summed E-state index contributed by atoms with van der Waals surface area (Å²) in [6.07, 6.45) is 4.97. The highest BCUT2D eigenvalue weighted by atomic mass is 32.1. The lowest BCUT2D eigenvalue weighted by molar-refractivity contribution is -0.119. The number of amides is 1. The minimum atomic E-state index is -0.503. The third-order valence-corrected chi connectivity index (χ3v) is 8.38. The third kappa shape index (κ3) is 5.51. The van der Waals surface area contributed by atoms with E-state index < -0.39 is 5.97 Å². The molecule has 200 valence electrons. The molecule has 0 aliphatic carbocycles. The molecule has 0 saturated carbocycles. The molecule has 1 amide bonds. The van der Waals surface area contributed by atoms with Crippen LogP contribution in [0.5, 0.6) is 0 Å². The maximum absolute atomic E-state index is 14.2. The molecule has 0 spiro atoms. The van der Waals surface area contributed by atoms with E-state index in [1.165, 1.54) is 6.20 Å². The molecule has 6 rings (SSSR count). The number of carbonyl (C=O) groups is 2. The van der Waals surface area contributed by atoms with Crippen molar-refractivity contribution in [3.8, 4) is 0 Å². The smallest absolute Gasteiger partial charge is 0.341 e. The van der Waals surface area contributed by atoms with Crippen LogP contribution in [0.25, 0.3) is 10.1 Å². The zero-order valence-corrected chi connectivity index (χ0v) is 22.3. The average Bonchev–Trinajstić information content (AvgIpc) is 3.44. The molecule has 2 aliphatic heterocycles. The molecule has 2 aromatic heterocycles. The van der Waals surface area contributed by atoms with Gasteiger partial charge >= 0.3 is 5.97 Å². The Morgan fingerprint density at radius 1 is 1.03 bits per heavy atom. The zero-order chi connectivity index (χ0) is 26.8. The van der Waals surface area contributed by atoms with Gasteiger partial charge in [0.05, 0.1) is 11.3 Å². The average molecular weight is 545 g/mol. The molecular weight excluding hydrogens is 515 g/mol. The van der Waals surface area contributed by atoms with Crippen molar-refractivity contribution in [1.29, 1.82) is 0 Å². The van der Waals surface area contributed by atoms with Crippen LogP contribution < -0.4 is 9.80 Å². The van der Waals surface area contributed by atoms with Crippen molar-refractivity contribution < 1.29 is 18.7 Å². The third-order valence-electron chi connectivity index (χ3n) is 7.52. The van der Waals surface area contributed by atoms with Crippen LogP contribution in [0.15, 0.2) is 66.3 Å². The summed E-state index contributed by atoms with van der Waals surface area (Å²) >= 11 is 1.57. The molecule has 2 aromatic carbocycles. The summed E-state index contributed by atoms with van der Waals surface area (Å²) in [5, 5.41) is 3.14. The molecule has 1 fully saturated rings. The van der Waals surface area contributed by atoms with Crippen molar-refractivity contribution in [3.63, 3.8) is 0 Å². The Morgan fingerprint density at radius 3 is 2.72 bits per heavy atom. The lowest BCUT2D eigenvalue weighted by Gasteiger charge is -2.36. The van der Waals surface area contributed by atoms with E-state index in [2.05, 4.69) is 39.0 Å². The number of halogens is 1. The second kappa shape index (κ2) is 11.1. The number of esters is 1. The number of benzene rings is 2. The van der Waals surface area contributed by atoms with E-state index in [1.807, 2.05) is 5.38 Å². The van der Waals surface area contributed by atoms with Gasteiger partial charge in [0, 0.05) is 67.3 Å². The van der Waals surface area contributed by atoms with Gasteiger partial charge < -0.3 is 9.64 Å². The van der Waals surface area contributed by atoms with Crippen molar-refractivity contribution in [3.05, 3.63) is 88.8 Å². The fourth-order valence-electron chi connectivity index (χ4n) is 5.35. The summed E-state index contributed by atoms with van der Waals surface area (Å²) in [5.41, 5.74) is 4.37. The number of thiophene rings is 1. The van der Waals surface area contributed by atoms with Crippen LogP contribution in [0.4, 0.5) is 15.8 Å². The van der Waals surface area contributed by atoms with Crippen LogP contribution in [-0.2, 0) is 22.4 Å². The molecule has 7 nitrogen and oxygen atoms in total. The van der Waals surface area contributed by atoms with Crippen LogP contribution in [-0.4, -0.2) is 61.2 Å². The number of rotatable bonds is 7. The first-order valence-electron chi connectivity index (χ1n) is 13.2. The normalized spacial score (nSPS) is 16.0. The van der Waals surface area contributed by atoms with Gasteiger partial charge in [-0.05, 0) is 65.7 Å². The predicted molar refractivity (Wildman–Crippen MR) is 151 cm³/mol. The van der Waals surface area contributed by atoms with Gasteiger partial charge in [0.25, 0.3) is 0 Å². The van der Waals surface area contributed by atoms with Crippen molar-refractivity contribution in [1.82, 2.24) is 9.88 Å². The van der Waals surface area contributed by atoms with Crippen molar-refractivity contribution >= 4 is 44.7 Å². The van der Waals surface area contributed by atoms with E-state index in [0.29, 0.717) is 18.4 Å². The Labute approximate surface area is 230 Å². The van der Waals surface area contributed by atoms with Gasteiger partial charge in [0.1, 0.15) is 5.82 Å². The number of aryl methyl sites for hydroxylation is 1. The Morgan fingerprint density at radius 2 is 1.90 bits per heavy atom. The summed E-state index contributed by atoms with van der Waals surface area (Å²) < 4.78 is 20.6. The van der Waals surface area contributed by atoms with Crippen LogP contribution in [0.3, 0.4) is 0 Å². The monoisotopic (exact) mass is 544 g/mol. The molecule has 0 N–H and O–H groups in total. The molecule has 0 atom stereocenters. The van der Waals surface area contributed by atoms with E-state index in [4.69, 9.17) is 4.74 Å². The highest BCUT2D eigenvalue weighted by Gasteiger charge is 2.26. The van der Waals surface area contributed by atoms with E-state index in [-0.39, 0.29) is 18.5 Å². The second-order valence-electron chi connectivity index (χ2n) is 9.92. The lowest BCUT2D eigenvalue weighted by atomic mass is 9.98. The summed E-state index contributed by atoms with van der Waals surface area (Å²) in [6.45, 7) is 4.28. The van der Waals surface area contributed by atoms with Crippen LogP contribution in [0.1, 0.15) is 27.9 Å². The molecule has 2 aliphatic rings. The number of pyridine rings is 1. The van der Waals surface area contributed by atoms with Crippen LogP contribution >= 0.6 is 11.3 Å². The van der Waals surface area contributed by atoms with Gasteiger partial charge in [0.15, 0.2) is 6.73 Å². The number of hydrogen-bond donors (Lipinski definition) is 0. The van der Waals surface area contributed by atoms with Gasteiger partial charge in [0.2, 0.25) is 5.91 Å². The van der Waals surface area contributed by atoms with Gasteiger partial charge in [-0.15, -0.1) is 11.3 Å². The standard InChI is InChI=1S/C30H29FN4O3S/c31-24-17-27(25-8-15-39-28(25)18-24)34-13-11-33(12-14-34)10-7-21-3-4-22-5-6-29(36)35(26(22)16-21)20-38-30(37)23-2-1-9-32-19-23/h1-4,8-9,15-19H,5-7,10-14,20H2. The molecule has 9 heteroatoms. The number of fused-ring (bicyclic) bond motifs is 2. The van der Waals surface area contributed by atoms with E-state index >= 15 is 0 Å². The van der Waals surface area contributed by atoms with Gasteiger partial charge in [-0.25, -0.2) is 9.18 Å². The molecule has 4 aromatic rings. The molecule has 0 bridgehead atoms. The number of hydrogen-bond acceptors (Lipinski definition) is 7. The lowest BCUT2D eigenvalue weighted by Crippen LogP contribution is -2.47. The summed E-state index contributed by atoms with van der Waals surface area (Å²) in [4.78, 5) is 35.4. The maximum Gasteiger partial charge on any atom is 0.341 e. The highest BCUT2D eigenvalue weighted by Crippen LogP contribution is 2.33.